The Morgan fingerprint density at radius 3 is 2.31 bits per heavy atom. The fraction of sp³-hybridized carbons (Fsp3) is 0.192. The lowest BCUT2D eigenvalue weighted by molar-refractivity contribution is -0.142. The summed E-state index contributed by atoms with van der Waals surface area (Å²) in [5.74, 6) is -3.22. The molecule has 0 saturated carbocycles. The summed E-state index contributed by atoms with van der Waals surface area (Å²) in [5.41, 5.74) is 1.69. The second-order valence-corrected chi connectivity index (χ2v) is 9.35. The molecule has 0 bridgehead atoms. The zero-order valence-corrected chi connectivity index (χ0v) is 20.1. The molecular weight excluding hydrogens is 484 g/mol. The molecule has 1 unspecified atom stereocenters. The molecule has 1 aliphatic heterocycles. The number of nitrogens with zero attached hydrogens (tertiary/aromatic N) is 1. The molecule has 3 aromatic rings. The standard InChI is InChI=1S/C26H20N2O7S/c1-34-25(32)17-10-11-18-19(17)20(26(33)35-2)22(36-18)27-21(29)13-6-5-7-14(12-13)28-23(30)15-8-3-4-9-16(15)24(28)31/h3-9,12,17H,10-11H2,1-2H3,(H,27,29). The summed E-state index contributed by atoms with van der Waals surface area (Å²) in [7, 11) is 2.51. The topological polar surface area (TPSA) is 119 Å². The molecule has 0 spiro atoms. The lowest BCUT2D eigenvalue weighted by atomic mass is 9.99. The first-order valence-electron chi connectivity index (χ1n) is 11.1. The number of hydrogen-bond acceptors (Lipinski definition) is 8. The minimum absolute atomic E-state index is 0.134. The molecule has 2 aromatic carbocycles. The van der Waals surface area contributed by atoms with Gasteiger partial charge < -0.3 is 14.8 Å². The van der Waals surface area contributed by atoms with Crippen LogP contribution in [-0.2, 0) is 20.7 Å². The van der Waals surface area contributed by atoms with Crippen LogP contribution in [0.4, 0.5) is 10.7 Å². The SMILES string of the molecule is COC(=O)c1c(NC(=O)c2cccc(N3C(=O)c4ccccc4C3=O)c2)sc2c1C(C(=O)OC)CC2. The van der Waals surface area contributed by atoms with E-state index in [-0.39, 0.29) is 21.8 Å². The minimum Gasteiger partial charge on any atom is -0.469 e. The van der Waals surface area contributed by atoms with Gasteiger partial charge in [0, 0.05) is 10.4 Å². The Kier molecular flexibility index (Phi) is 5.89. The summed E-state index contributed by atoms with van der Waals surface area (Å²) in [5, 5.41) is 3.01. The summed E-state index contributed by atoms with van der Waals surface area (Å²) in [6.07, 6.45) is 1.07. The van der Waals surface area contributed by atoms with Crippen LogP contribution in [0.5, 0.6) is 0 Å². The Balaban J connectivity index is 1.46. The molecule has 3 amide bonds. The third-order valence-electron chi connectivity index (χ3n) is 6.29. The third kappa shape index (κ3) is 3.66. The number of rotatable bonds is 5. The van der Waals surface area contributed by atoms with Gasteiger partial charge in [-0.05, 0) is 48.7 Å². The van der Waals surface area contributed by atoms with E-state index in [1.54, 1.807) is 36.4 Å². The average molecular weight is 505 g/mol. The van der Waals surface area contributed by atoms with Crippen molar-refractivity contribution in [3.63, 3.8) is 0 Å². The van der Waals surface area contributed by atoms with Gasteiger partial charge in [0.2, 0.25) is 0 Å². The van der Waals surface area contributed by atoms with Crippen molar-refractivity contribution in [2.75, 3.05) is 24.4 Å². The summed E-state index contributed by atoms with van der Waals surface area (Å²) >= 11 is 1.21. The number of hydrogen-bond donors (Lipinski definition) is 1. The molecule has 2 heterocycles. The van der Waals surface area contributed by atoms with Crippen molar-refractivity contribution in [1.29, 1.82) is 0 Å². The number of benzene rings is 2. The van der Waals surface area contributed by atoms with Gasteiger partial charge in [-0.1, -0.05) is 18.2 Å². The number of aryl methyl sites for hydroxylation is 1. The van der Waals surface area contributed by atoms with Crippen LogP contribution in [0.3, 0.4) is 0 Å². The number of nitrogens with one attached hydrogen (secondary N) is 1. The predicted octanol–water partition coefficient (Wildman–Crippen LogP) is 3.79. The number of imide groups is 1. The zero-order chi connectivity index (χ0) is 25.6. The second kappa shape index (κ2) is 9.04. The molecular formula is C26H20N2O7S. The van der Waals surface area contributed by atoms with Crippen LogP contribution in [0.25, 0.3) is 0 Å². The van der Waals surface area contributed by atoms with Gasteiger partial charge in [-0.15, -0.1) is 11.3 Å². The van der Waals surface area contributed by atoms with Gasteiger partial charge in [0.15, 0.2) is 0 Å². The summed E-state index contributed by atoms with van der Waals surface area (Å²) in [6.45, 7) is 0. The van der Waals surface area contributed by atoms with Crippen LogP contribution in [-0.4, -0.2) is 43.9 Å². The first-order valence-corrected chi connectivity index (χ1v) is 11.9. The van der Waals surface area contributed by atoms with Crippen LogP contribution in [0.1, 0.15) is 64.2 Å². The largest absolute Gasteiger partial charge is 0.469 e. The molecule has 1 N–H and O–H groups in total. The van der Waals surface area contributed by atoms with Gasteiger partial charge in [0.1, 0.15) is 5.00 Å². The van der Waals surface area contributed by atoms with Crippen LogP contribution in [0, 0.1) is 0 Å². The zero-order valence-electron chi connectivity index (χ0n) is 19.3. The average Bonchev–Trinajstić information content (AvgIpc) is 3.53. The van der Waals surface area contributed by atoms with E-state index in [0.717, 1.165) is 9.78 Å². The monoisotopic (exact) mass is 504 g/mol. The molecule has 36 heavy (non-hydrogen) atoms. The van der Waals surface area contributed by atoms with Crippen LogP contribution in [0.2, 0.25) is 0 Å². The highest BCUT2D eigenvalue weighted by Gasteiger charge is 2.39. The van der Waals surface area contributed by atoms with Gasteiger partial charge in [-0.25, -0.2) is 9.69 Å². The maximum Gasteiger partial charge on any atom is 0.341 e. The molecule has 9 nitrogen and oxygen atoms in total. The number of esters is 2. The first kappa shape index (κ1) is 23.4. The van der Waals surface area contributed by atoms with E-state index in [4.69, 9.17) is 9.47 Å². The number of fused-ring (bicyclic) bond motifs is 2. The van der Waals surface area contributed by atoms with E-state index in [9.17, 15) is 24.0 Å². The van der Waals surface area contributed by atoms with Crippen molar-refractivity contribution < 1.29 is 33.4 Å². The Morgan fingerprint density at radius 1 is 0.972 bits per heavy atom. The molecule has 0 fully saturated rings. The second-order valence-electron chi connectivity index (χ2n) is 8.24. The van der Waals surface area contributed by atoms with Crippen molar-refractivity contribution >= 4 is 51.7 Å². The highest BCUT2D eigenvalue weighted by Crippen LogP contribution is 2.46. The van der Waals surface area contributed by atoms with E-state index in [1.807, 2.05) is 0 Å². The Morgan fingerprint density at radius 2 is 1.67 bits per heavy atom. The van der Waals surface area contributed by atoms with E-state index in [1.165, 1.54) is 37.7 Å². The van der Waals surface area contributed by atoms with Crippen molar-refractivity contribution in [3.05, 3.63) is 81.2 Å². The molecule has 5 rings (SSSR count). The van der Waals surface area contributed by atoms with Crippen molar-refractivity contribution in [1.82, 2.24) is 0 Å². The van der Waals surface area contributed by atoms with Crippen LogP contribution in [0.15, 0.2) is 48.5 Å². The smallest absolute Gasteiger partial charge is 0.341 e. The maximum absolute atomic E-state index is 13.2. The molecule has 182 valence electrons. The number of amides is 3. The fourth-order valence-corrected chi connectivity index (χ4v) is 5.88. The number of ether oxygens (including phenoxy) is 2. The minimum atomic E-state index is -0.668. The number of thiophene rings is 1. The lowest BCUT2D eigenvalue weighted by Gasteiger charge is -2.15. The van der Waals surface area contributed by atoms with Crippen molar-refractivity contribution in [3.8, 4) is 0 Å². The van der Waals surface area contributed by atoms with Crippen LogP contribution >= 0.6 is 11.3 Å². The predicted molar refractivity (Wildman–Crippen MR) is 131 cm³/mol. The third-order valence-corrected chi connectivity index (χ3v) is 7.47. The highest BCUT2D eigenvalue weighted by atomic mass is 32.1. The van der Waals surface area contributed by atoms with Gasteiger partial charge in [0.25, 0.3) is 17.7 Å². The Bertz CT molecular complexity index is 1420. The van der Waals surface area contributed by atoms with Crippen molar-refractivity contribution in [2.24, 2.45) is 0 Å². The van der Waals surface area contributed by atoms with E-state index in [2.05, 4.69) is 5.32 Å². The number of anilines is 2. The molecule has 1 aliphatic carbocycles. The summed E-state index contributed by atoms with van der Waals surface area (Å²) in [6, 6.07) is 12.6. The first-order chi connectivity index (χ1) is 17.3. The van der Waals surface area contributed by atoms with Crippen molar-refractivity contribution in [2.45, 2.75) is 18.8 Å². The quantitative estimate of drug-likeness (QED) is 0.415. The number of carbonyl (C=O) groups excluding carboxylic acids is 5. The van der Waals surface area contributed by atoms with E-state index in [0.29, 0.717) is 29.5 Å². The number of carbonyl (C=O) groups is 5. The Hall–Kier alpha value is -4.31. The maximum atomic E-state index is 13.2. The molecule has 0 saturated heterocycles. The summed E-state index contributed by atoms with van der Waals surface area (Å²) in [4.78, 5) is 65.6. The molecule has 2 aliphatic rings. The summed E-state index contributed by atoms with van der Waals surface area (Å²) < 4.78 is 9.82. The van der Waals surface area contributed by atoms with Gasteiger partial charge >= 0.3 is 11.9 Å². The van der Waals surface area contributed by atoms with E-state index < -0.39 is 35.6 Å². The molecule has 0 radical (unpaired) electrons. The normalized spacial score (nSPS) is 15.9. The molecule has 10 heteroatoms. The molecule has 1 atom stereocenters. The van der Waals surface area contributed by atoms with Gasteiger partial charge in [0.05, 0.1) is 42.5 Å². The molecule has 1 aromatic heterocycles. The van der Waals surface area contributed by atoms with Gasteiger partial charge in [-0.2, -0.15) is 0 Å². The van der Waals surface area contributed by atoms with Gasteiger partial charge in [-0.3, -0.25) is 19.2 Å². The van der Waals surface area contributed by atoms with E-state index >= 15 is 0 Å². The lowest BCUT2D eigenvalue weighted by Crippen LogP contribution is -2.29. The fourth-order valence-electron chi connectivity index (χ4n) is 4.62. The number of methoxy groups -OCH3 is 2. The van der Waals surface area contributed by atoms with Crippen LogP contribution < -0.4 is 10.2 Å². The Labute approximate surface area is 209 Å². The highest BCUT2D eigenvalue weighted by molar-refractivity contribution is 7.17.